The van der Waals surface area contributed by atoms with Gasteiger partial charge in [-0.2, -0.15) is 0 Å². The molecule has 4 N–H and O–H groups in total. The lowest BCUT2D eigenvalue weighted by Crippen LogP contribution is -2.47. The number of fused-ring (bicyclic) bond motifs is 1. The zero-order valence-corrected chi connectivity index (χ0v) is 13.7. The van der Waals surface area contributed by atoms with Crippen LogP contribution in [0.1, 0.15) is 13.3 Å². The number of halogens is 1. The third kappa shape index (κ3) is 4.37. The first-order chi connectivity index (χ1) is 10.7. The molecule has 2 unspecified atom stereocenters. The SMILES string of the molecule is CC(O)(CNC(=O)CC1Sc2ccc(Cl)cc2NC1=O)C(=O)O. The van der Waals surface area contributed by atoms with Crippen molar-refractivity contribution in [2.75, 3.05) is 11.9 Å². The van der Waals surface area contributed by atoms with Crippen molar-refractivity contribution in [2.24, 2.45) is 0 Å². The third-order valence-corrected chi connectivity index (χ3v) is 4.73. The summed E-state index contributed by atoms with van der Waals surface area (Å²) in [6, 6.07) is 5.07. The maximum atomic E-state index is 12.0. The van der Waals surface area contributed by atoms with Crippen LogP contribution < -0.4 is 10.6 Å². The van der Waals surface area contributed by atoms with Gasteiger partial charge < -0.3 is 20.8 Å². The number of carbonyl (C=O) groups is 3. The minimum atomic E-state index is -2.05. The van der Waals surface area contributed by atoms with E-state index in [0.29, 0.717) is 10.7 Å². The molecule has 0 bridgehead atoms. The van der Waals surface area contributed by atoms with Crippen LogP contribution >= 0.6 is 23.4 Å². The van der Waals surface area contributed by atoms with E-state index in [1.54, 1.807) is 18.2 Å². The molecular weight excluding hydrogens is 344 g/mol. The molecule has 23 heavy (non-hydrogen) atoms. The molecule has 0 fully saturated rings. The lowest BCUT2D eigenvalue weighted by molar-refractivity contribution is -0.156. The summed E-state index contributed by atoms with van der Waals surface area (Å²) in [6.07, 6.45) is -0.131. The molecule has 1 aromatic carbocycles. The van der Waals surface area contributed by atoms with E-state index in [-0.39, 0.29) is 12.3 Å². The molecule has 2 amide bonds. The van der Waals surface area contributed by atoms with Gasteiger partial charge in [0.05, 0.1) is 17.5 Å². The highest BCUT2D eigenvalue weighted by molar-refractivity contribution is 8.01. The second-order valence-electron chi connectivity index (χ2n) is 5.30. The van der Waals surface area contributed by atoms with Crippen LogP contribution in [0.25, 0.3) is 0 Å². The number of aliphatic hydroxyl groups is 1. The number of hydrogen-bond acceptors (Lipinski definition) is 5. The van der Waals surface area contributed by atoms with Crippen molar-refractivity contribution in [3.63, 3.8) is 0 Å². The van der Waals surface area contributed by atoms with Gasteiger partial charge in [-0.1, -0.05) is 11.6 Å². The smallest absolute Gasteiger partial charge is 0.337 e. The highest BCUT2D eigenvalue weighted by Crippen LogP contribution is 2.38. The predicted octanol–water partition coefficient (Wildman–Crippen LogP) is 1.09. The Bertz CT molecular complexity index is 665. The number of carboxylic acids is 1. The van der Waals surface area contributed by atoms with Gasteiger partial charge in [0.2, 0.25) is 11.8 Å². The maximum Gasteiger partial charge on any atom is 0.337 e. The normalized spacial score (nSPS) is 19.3. The van der Waals surface area contributed by atoms with Gasteiger partial charge in [-0.25, -0.2) is 4.79 Å². The molecule has 124 valence electrons. The van der Waals surface area contributed by atoms with E-state index in [2.05, 4.69) is 10.6 Å². The number of anilines is 1. The van der Waals surface area contributed by atoms with Crippen molar-refractivity contribution in [1.29, 1.82) is 0 Å². The van der Waals surface area contributed by atoms with Crippen molar-refractivity contribution < 1.29 is 24.6 Å². The molecule has 0 saturated carbocycles. The van der Waals surface area contributed by atoms with Crippen molar-refractivity contribution >= 4 is 46.8 Å². The Morgan fingerprint density at radius 2 is 2.17 bits per heavy atom. The molecule has 9 heteroatoms. The quantitative estimate of drug-likeness (QED) is 0.626. The lowest BCUT2D eigenvalue weighted by Gasteiger charge is -2.24. The Kier molecular flexibility index (Phi) is 5.18. The minimum absolute atomic E-state index is 0.131. The molecule has 1 aliphatic rings. The molecule has 0 spiro atoms. The molecule has 0 aliphatic carbocycles. The molecule has 2 rings (SSSR count). The minimum Gasteiger partial charge on any atom is -0.479 e. The summed E-state index contributed by atoms with van der Waals surface area (Å²) in [5.74, 6) is -2.28. The lowest BCUT2D eigenvalue weighted by atomic mass is 10.1. The molecule has 2 atom stereocenters. The molecule has 1 aliphatic heterocycles. The highest BCUT2D eigenvalue weighted by Gasteiger charge is 2.32. The van der Waals surface area contributed by atoms with Gasteiger partial charge in [0, 0.05) is 16.3 Å². The van der Waals surface area contributed by atoms with Crippen LogP contribution in [-0.4, -0.2) is 45.4 Å². The number of hydrogen-bond donors (Lipinski definition) is 4. The topological polar surface area (TPSA) is 116 Å². The number of nitrogens with one attached hydrogen (secondary N) is 2. The Balaban J connectivity index is 1.95. The second kappa shape index (κ2) is 6.77. The summed E-state index contributed by atoms with van der Waals surface area (Å²) >= 11 is 7.09. The van der Waals surface area contributed by atoms with E-state index in [0.717, 1.165) is 11.8 Å². The Morgan fingerprint density at radius 3 is 2.83 bits per heavy atom. The maximum absolute atomic E-state index is 12.0. The summed E-state index contributed by atoms with van der Waals surface area (Å²) in [6.45, 7) is 0.643. The van der Waals surface area contributed by atoms with Crippen LogP contribution in [0.3, 0.4) is 0 Å². The summed E-state index contributed by atoms with van der Waals surface area (Å²) < 4.78 is 0. The summed E-state index contributed by atoms with van der Waals surface area (Å²) in [5, 5.41) is 23.2. The van der Waals surface area contributed by atoms with Crippen LogP contribution in [0.5, 0.6) is 0 Å². The number of benzene rings is 1. The van der Waals surface area contributed by atoms with Crippen LogP contribution in [0.15, 0.2) is 23.1 Å². The molecule has 1 heterocycles. The Hall–Kier alpha value is -1.77. The van der Waals surface area contributed by atoms with E-state index in [1.807, 2.05) is 0 Å². The van der Waals surface area contributed by atoms with Gasteiger partial charge in [-0.05, 0) is 25.1 Å². The third-order valence-electron chi connectivity index (χ3n) is 3.22. The van der Waals surface area contributed by atoms with Gasteiger partial charge >= 0.3 is 5.97 Å². The van der Waals surface area contributed by atoms with Crippen molar-refractivity contribution in [3.8, 4) is 0 Å². The number of carboxylic acid groups (broad SMARTS) is 1. The fourth-order valence-corrected chi connectivity index (χ4v) is 3.11. The van der Waals surface area contributed by atoms with Gasteiger partial charge in [-0.15, -0.1) is 11.8 Å². The fraction of sp³-hybridized carbons (Fsp3) is 0.357. The molecule has 1 aromatic rings. The summed E-state index contributed by atoms with van der Waals surface area (Å²) in [4.78, 5) is 35.4. The van der Waals surface area contributed by atoms with Crippen molar-refractivity contribution in [3.05, 3.63) is 23.2 Å². The number of aliphatic carboxylic acids is 1. The van der Waals surface area contributed by atoms with E-state index in [4.69, 9.17) is 16.7 Å². The molecular formula is C14H15ClN2O5S. The van der Waals surface area contributed by atoms with E-state index >= 15 is 0 Å². The zero-order chi connectivity index (χ0) is 17.2. The van der Waals surface area contributed by atoms with Crippen LogP contribution in [0, 0.1) is 0 Å². The first-order valence-corrected chi connectivity index (χ1v) is 7.94. The van der Waals surface area contributed by atoms with Gasteiger partial charge in [0.1, 0.15) is 0 Å². The van der Waals surface area contributed by atoms with E-state index in [9.17, 15) is 19.5 Å². The number of rotatable bonds is 5. The summed E-state index contributed by atoms with van der Waals surface area (Å²) in [5.41, 5.74) is -1.46. The molecule has 0 radical (unpaired) electrons. The highest BCUT2D eigenvalue weighted by atomic mass is 35.5. The fourth-order valence-electron chi connectivity index (χ4n) is 1.84. The van der Waals surface area contributed by atoms with Crippen LogP contribution in [0.4, 0.5) is 5.69 Å². The average Bonchev–Trinajstić information content (AvgIpc) is 2.46. The van der Waals surface area contributed by atoms with Gasteiger partial charge in [0.25, 0.3) is 0 Å². The molecule has 0 aromatic heterocycles. The summed E-state index contributed by atoms with van der Waals surface area (Å²) in [7, 11) is 0. The van der Waals surface area contributed by atoms with Gasteiger partial charge in [-0.3, -0.25) is 9.59 Å². The predicted molar refractivity (Wildman–Crippen MR) is 85.6 cm³/mol. The standard InChI is InChI=1S/C14H15ClN2O5S/c1-14(22,13(20)21)6-16-11(18)5-10-12(19)17-8-4-7(15)2-3-9(8)23-10/h2-4,10,22H,5-6H2,1H3,(H,16,18)(H,17,19)(H,20,21). The average molecular weight is 359 g/mol. The molecule has 7 nitrogen and oxygen atoms in total. The zero-order valence-electron chi connectivity index (χ0n) is 12.1. The van der Waals surface area contributed by atoms with Gasteiger partial charge in [0.15, 0.2) is 5.60 Å². The largest absolute Gasteiger partial charge is 0.479 e. The molecule has 0 saturated heterocycles. The van der Waals surface area contributed by atoms with Crippen LogP contribution in [0.2, 0.25) is 5.02 Å². The first-order valence-electron chi connectivity index (χ1n) is 6.68. The van der Waals surface area contributed by atoms with Crippen molar-refractivity contribution in [1.82, 2.24) is 5.32 Å². The second-order valence-corrected chi connectivity index (χ2v) is 6.98. The monoisotopic (exact) mass is 358 g/mol. The van der Waals surface area contributed by atoms with E-state index in [1.165, 1.54) is 11.8 Å². The van der Waals surface area contributed by atoms with Crippen LogP contribution in [-0.2, 0) is 14.4 Å². The number of carbonyl (C=O) groups excluding carboxylic acids is 2. The number of amides is 2. The Labute approximate surface area is 141 Å². The van der Waals surface area contributed by atoms with E-state index < -0.39 is 29.3 Å². The first kappa shape index (κ1) is 17.6. The Morgan fingerprint density at radius 1 is 1.48 bits per heavy atom. The number of thioether (sulfide) groups is 1. The van der Waals surface area contributed by atoms with Crippen molar-refractivity contribution in [2.45, 2.75) is 29.1 Å².